The van der Waals surface area contributed by atoms with Crippen LogP contribution in [0.2, 0.25) is 0 Å². The largest absolute Gasteiger partial charge is 0.368 e. The molecule has 10 heteroatoms. The molecule has 0 aliphatic carbocycles. The maximum Gasteiger partial charge on any atom is 0.246 e. The molecule has 0 bridgehead atoms. The average Bonchev–Trinajstić information content (AvgIpc) is 3.40. The Labute approximate surface area is 217 Å². The van der Waals surface area contributed by atoms with Crippen LogP contribution in [0, 0.1) is 11.8 Å². The lowest BCUT2D eigenvalue weighted by atomic mass is 10.0. The Morgan fingerprint density at radius 1 is 1.19 bits per heavy atom. The lowest BCUT2D eigenvalue weighted by Crippen LogP contribution is -2.56. The van der Waals surface area contributed by atoms with Gasteiger partial charge in [-0.3, -0.25) is 19.2 Å². The molecule has 2 saturated heterocycles. The molecule has 0 radical (unpaired) electrons. The molecule has 198 valence electrons. The number of likely N-dealkylation sites (tertiary alicyclic amines) is 2. The molecular weight excluding hydrogens is 478 g/mol. The SMILES string of the molecule is CSCC[C@H](NC(=O)[C@@H](CC(C)C)N1C[C@@H]2CCN(C(=O)[C@@H](N)Cc3ccccc3)[C@@H]2C1=O)C(N)=O. The Hall–Kier alpha value is -2.59. The number of nitrogens with two attached hydrogens (primary N) is 2. The van der Waals surface area contributed by atoms with Crippen LogP contribution in [0.25, 0.3) is 0 Å². The topological polar surface area (TPSA) is 139 Å². The third kappa shape index (κ3) is 6.59. The summed E-state index contributed by atoms with van der Waals surface area (Å²) in [5, 5.41) is 2.78. The number of amides is 4. The first-order valence-corrected chi connectivity index (χ1v) is 14.0. The van der Waals surface area contributed by atoms with Gasteiger partial charge in [0.2, 0.25) is 23.6 Å². The maximum atomic E-state index is 13.6. The molecule has 4 amide bonds. The van der Waals surface area contributed by atoms with Crippen molar-refractivity contribution >= 4 is 35.4 Å². The fourth-order valence-corrected chi connectivity index (χ4v) is 5.67. The van der Waals surface area contributed by atoms with E-state index in [2.05, 4.69) is 5.32 Å². The van der Waals surface area contributed by atoms with Crippen LogP contribution < -0.4 is 16.8 Å². The van der Waals surface area contributed by atoms with Crippen LogP contribution >= 0.6 is 11.8 Å². The maximum absolute atomic E-state index is 13.6. The van der Waals surface area contributed by atoms with Crippen molar-refractivity contribution in [1.29, 1.82) is 0 Å². The quantitative estimate of drug-likeness (QED) is 0.374. The van der Waals surface area contributed by atoms with Gasteiger partial charge in [0, 0.05) is 19.0 Å². The van der Waals surface area contributed by atoms with Gasteiger partial charge >= 0.3 is 0 Å². The summed E-state index contributed by atoms with van der Waals surface area (Å²) in [5.74, 6) is -0.651. The van der Waals surface area contributed by atoms with Crippen molar-refractivity contribution in [2.45, 2.75) is 63.7 Å². The highest BCUT2D eigenvalue weighted by Gasteiger charge is 2.52. The number of carbonyl (C=O) groups excluding carboxylic acids is 4. The van der Waals surface area contributed by atoms with Crippen LogP contribution in [0.4, 0.5) is 0 Å². The van der Waals surface area contributed by atoms with Crippen LogP contribution in [0.15, 0.2) is 30.3 Å². The molecule has 3 rings (SSSR count). The van der Waals surface area contributed by atoms with Gasteiger partial charge in [-0.15, -0.1) is 0 Å². The van der Waals surface area contributed by atoms with E-state index in [1.165, 1.54) is 0 Å². The summed E-state index contributed by atoms with van der Waals surface area (Å²) in [4.78, 5) is 55.3. The van der Waals surface area contributed by atoms with Crippen molar-refractivity contribution in [2.24, 2.45) is 23.3 Å². The molecular formula is C26H39N5O4S. The van der Waals surface area contributed by atoms with Crippen molar-refractivity contribution in [2.75, 3.05) is 25.1 Å². The zero-order valence-electron chi connectivity index (χ0n) is 21.4. The fraction of sp³-hybridized carbons (Fsp3) is 0.615. The van der Waals surface area contributed by atoms with Crippen molar-refractivity contribution in [3.05, 3.63) is 35.9 Å². The first-order valence-electron chi connectivity index (χ1n) is 12.6. The summed E-state index contributed by atoms with van der Waals surface area (Å²) in [6, 6.07) is 6.71. The molecule has 36 heavy (non-hydrogen) atoms. The molecule has 0 aromatic heterocycles. The summed E-state index contributed by atoms with van der Waals surface area (Å²) in [6.45, 7) is 4.85. The number of hydrogen-bond acceptors (Lipinski definition) is 6. The fourth-order valence-electron chi connectivity index (χ4n) is 5.20. The molecule has 2 fully saturated rings. The van der Waals surface area contributed by atoms with Gasteiger partial charge < -0.3 is 26.6 Å². The molecule has 2 aliphatic heterocycles. The molecule has 0 spiro atoms. The first-order chi connectivity index (χ1) is 17.1. The predicted molar refractivity (Wildman–Crippen MR) is 141 cm³/mol. The number of benzene rings is 1. The molecule has 0 saturated carbocycles. The van der Waals surface area contributed by atoms with Gasteiger partial charge in [-0.2, -0.15) is 11.8 Å². The van der Waals surface area contributed by atoms with Gasteiger partial charge in [-0.25, -0.2) is 0 Å². The molecule has 5 atom stereocenters. The number of fused-ring (bicyclic) bond motifs is 1. The van der Waals surface area contributed by atoms with Gasteiger partial charge in [0.25, 0.3) is 0 Å². The number of thioether (sulfide) groups is 1. The van der Waals surface area contributed by atoms with Crippen LogP contribution in [-0.2, 0) is 25.6 Å². The van der Waals surface area contributed by atoms with Crippen LogP contribution in [0.5, 0.6) is 0 Å². The number of nitrogens with one attached hydrogen (secondary N) is 1. The second-order valence-corrected chi connectivity index (χ2v) is 11.2. The number of nitrogens with zero attached hydrogens (tertiary/aromatic N) is 2. The minimum Gasteiger partial charge on any atom is -0.368 e. The Kier molecular flexibility index (Phi) is 9.78. The molecule has 2 aliphatic rings. The summed E-state index contributed by atoms with van der Waals surface area (Å²) in [5.41, 5.74) is 12.7. The van der Waals surface area contributed by atoms with E-state index in [0.717, 1.165) is 5.56 Å². The number of hydrogen-bond donors (Lipinski definition) is 3. The normalized spacial score (nSPS) is 21.9. The third-order valence-corrected chi connectivity index (χ3v) is 7.68. The summed E-state index contributed by atoms with van der Waals surface area (Å²) in [7, 11) is 0. The van der Waals surface area contributed by atoms with Crippen molar-refractivity contribution in [3.63, 3.8) is 0 Å². The molecule has 5 N–H and O–H groups in total. The van der Waals surface area contributed by atoms with E-state index >= 15 is 0 Å². The zero-order valence-corrected chi connectivity index (χ0v) is 22.2. The Morgan fingerprint density at radius 2 is 1.89 bits per heavy atom. The van der Waals surface area contributed by atoms with Gasteiger partial charge in [0.15, 0.2) is 0 Å². The molecule has 2 heterocycles. The average molecular weight is 518 g/mol. The summed E-state index contributed by atoms with van der Waals surface area (Å²) < 4.78 is 0. The van der Waals surface area contributed by atoms with Crippen molar-refractivity contribution in [3.8, 4) is 0 Å². The first kappa shape index (κ1) is 28.0. The summed E-state index contributed by atoms with van der Waals surface area (Å²) in [6.07, 6.45) is 3.88. The van der Waals surface area contributed by atoms with Crippen molar-refractivity contribution < 1.29 is 19.2 Å². The van der Waals surface area contributed by atoms with Gasteiger partial charge in [-0.1, -0.05) is 44.2 Å². The number of primary amides is 1. The zero-order chi connectivity index (χ0) is 26.4. The number of rotatable bonds is 12. The van der Waals surface area contributed by atoms with Gasteiger partial charge in [0.1, 0.15) is 18.1 Å². The van der Waals surface area contributed by atoms with E-state index in [-0.39, 0.29) is 29.6 Å². The van der Waals surface area contributed by atoms with Crippen LogP contribution in [0.3, 0.4) is 0 Å². The lowest BCUT2D eigenvalue weighted by Gasteiger charge is -2.32. The highest BCUT2D eigenvalue weighted by atomic mass is 32.2. The van der Waals surface area contributed by atoms with E-state index in [0.29, 0.717) is 44.5 Å². The van der Waals surface area contributed by atoms with E-state index in [1.54, 1.807) is 21.6 Å². The second-order valence-electron chi connectivity index (χ2n) is 10.2. The number of carbonyl (C=O) groups is 4. The Balaban J connectivity index is 1.73. The van der Waals surface area contributed by atoms with Gasteiger partial charge in [-0.05, 0) is 49.2 Å². The second kappa shape index (κ2) is 12.6. The lowest BCUT2D eigenvalue weighted by molar-refractivity contribution is -0.145. The monoisotopic (exact) mass is 517 g/mol. The van der Waals surface area contributed by atoms with E-state index in [4.69, 9.17) is 11.5 Å². The van der Waals surface area contributed by atoms with Crippen LogP contribution in [-0.4, -0.2) is 82.7 Å². The van der Waals surface area contributed by atoms with Gasteiger partial charge in [0.05, 0.1) is 6.04 Å². The molecule has 1 aromatic carbocycles. The van der Waals surface area contributed by atoms with E-state index in [1.807, 2.05) is 50.4 Å². The molecule has 0 unspecified atom stereocenters. The highest BCUT2D eigenvalue weighted by Crippen LogP contribution is 2.35. The highest BCUT2D eigenvalue weighted by molar-refractivity contribution is 7.98. The van der Waals surface area contributed by atoms with E-state index < -0.39 is 30.1 Å². The van der Waals surface area contributed by atoms with E-state index in [9.17, 15) is 19.2 Å². The standard InChI is InChI=1S/C26H39N5O4S/c1-16(2)13-21(24(33)29-20(23(28)32)10-12-36-3)31-15-18-9-11-30(22(18)26(31)35)25(34)19(27)14-17-7-5-4-6-8-17/h4-8,16,18-22H,9-15,27H2,1-3H3,(H2,28,32)(H,29,33)/t18-,19-,20-,21+,22-/m0/s1. The molecule has 1 aromatic rings. The minimum atomic E-state index is -0.786. The summed E-state index contributed by atoms with van der Waals surface area (Å²) >= 11 is 1.56. The smallest absolute Gasteiger partial charge is 0.246 e. The minimum absolute atomic E-state index is 0.0451. The predicted octanol–water partition coefficient (Wildman–Crippen LogP) is 0.754. The Bertz CT molecular complexity index is 944. The molecule has 9 nitrogen and oxygen atoms in total. The third-order valence-electron chi connectivity index (χ3n) is 7.03. The van der Waals surface area contributed by atoms with Crippen LogP contribution in [0.1, 0.15) is 38.7 Å². The van der Waals surface area contributed by atoms with Crippen molar-refractivity contribution in [1.82, 2.24) is 15.1 Å². The Morgan fingerprint density at radius 3 is 2.50 bits per heavy atom.